The Morgan fingerprint density at radius 1 is 1.17 bits per heavy atom. The average Bonchev–Trinajstić information content (AvgIpc) is 2.55. The zero-order valence-electron chi connectivity index (χ0n) is 14.3. The second kappa shape index (κ2) is 10.4. The van der Waals surface area contributed by atoms with Crippen LogP contribution >= 0.6 is 0 Å². The highest BCUT2D eigenvalue weighted by Gasteiger charge is 2.17. The van der Waals surface area contributed by atoms with Gasteiger partial charge in [0, 0.05) is 13.6 Å². The van der Waals surface area contributed by atoms with Crippen LogP contribution in [0.3, 0.4) is 0 Å². The van der Waals surface area contributed by atoms with E-state index in [0.717, 1.165) is 5.56 Å². The monoisotopic (exact) mass is 336 g/mol. The molecule has 24 heavy (non-hydrogen) atoms. The number of amides is 2. The van der Waals surface area contributed by atoms with E-state index in [4.69, 9.17) is 9.47 Å². The Labute approximate surface area is 141 Å². The molecule has 132 valence electrons. The fraction of sp³-hybridized carbons (Fsp3) is 0.471. The van der Waals surface area contributed by atoms with Crippen molar-refractivity contribution >= 4 is 17.8 Å². The van der Waals surface area contributed by atoms with Gasteiger partial charge in [-0.3, -0.25) is 9.59 Å². The Balaban J connectivity index is 2.27. The minimum absolute atomic E-state index is 0.204. The third-order valence-corrected chi connectivity index (χ3v) is 3.16. The predicted molar refractivity (Wildman–Crippen MR) is 88.0 cm³/mol. The summed E-state index contributed by atoms with van der Waals surface area (Å²) in [7, 11) is 1.67. The number of carbonyl (C=O) groups excluding carboxylic acids is 3. The van der Waals surface area contributed by atoms with Gasteiger partial charge in [0.1, 0.15) is 19.3 Å². The first-order valence-corrected chi connectivity index (χ1v) is 7.75. The molecule has 0 fully saturated rings. The van der Waals surface area contributed by atoms with Crippen LogP contribution in [0.4, 0.5) is 0 Å². The fourth-order valence-electron chi connectivity index (χ4n) is 1.90. The molecule has 0 heterocycles. The average molecular weight is 336 g/mol. The molecule has 0 spiro atoms. The van der Waals surface area contributed by atoms with Crippen LogP contribution < -0.4 is 5.32 Å². The van der Waals surface area contributed by atoms with E-state index < -0.39 is 17.9 Å². The van der Waals surface area contributed by atoms with Crippen molar-refractivity contribution < 1.29 is 23.9 Å². The minimum atomic E-state index is -0.752. The Kier molecular flexibility index (Phi) is 8.49. The van der Waals surface area contributed by atoms with Gasteiger partial charge in [0.25, 0.3) is 0 Å². The lowest BCUT2D eigenvalue weighted by atomic mass is 10.2. The van der Waals surface area contributed by atoms with E-state index in [1.807, 2.05) is 30.3 Å². The first-order chi connectivity index (χ1) is 11.4. The molecule has 7 nitrogen and oxygen atoms in total. The number of likely N-dealkylation sites (N-methyl/N-ethyl adjacent to an activating group) is 1. The normalized spacial score (nSPS) is 11.5. The summed E-state index contributed by atoms with van der Waals surface area (Å²) in [6.45, 7) is 3.42. The van der Waals surface area contributed by atoms with Crippen molar-refractivity contribution in [2.45, 2.75) is 26.4 Å². The van der Waals surface area contributed by atoms with E-state index in [1.165, 1.54) is 11.8 Å². The second-order valence-electron chi connectivity index (χ2n) is 5.27. The summed E-state index contributed by atoms with van der Waals surface area (Å²) in [5.41, 5.74) is 1.01. The van der Waals surface area contributed by atoms with E-state index in [-0.39, 0.29) is 25.7 Å². The van der Waals surface area contributed by atoms with Crippen LogP contribution in [0.15, 0.2) is 30.3 Å². The number of hydrogen-bond acceptors (Lipinski definition) is 5. The van der Waals surface area contributed by atoms with Gasteiger partial charge in [-0.05, 0) is 19.4 Å². The summed E-state index contributed by atoms with van der Waals surface area (Å²) in [5.74, 6) is -1.22. The first kappa shape index (κ1) is 19.6. The topological polar surface area (TPSA) is 84.9 Å². The van der Waals surface area contributed by atoms with E-state index >= 15 is 0 Å². The van der Waals surface area contributed by atoms with Crippen molar-refractivity contribution in [1.29, 1.82) is 0 Å². The van der Waals surface area contributed by atoms with Crippen LogP contribution in [0, 0.1) is 0 Å². The molecule has 7 heteroatoms. The lowest BCUT2D eigenvalue weighted by Crippen LogP contribution is -2.41. The molecule has 0 saturated heterocycles. The molecule has 0 unspecified atom stereocenters. The number of benzene rings is 1. The highest BCUT2D eigenvalue weighted by atomic mass is 16.5. The molecule has 0 aliphatic rings. The maximum Gasteiger partial charge on any atom is 0.328 e. The molecule has 0 aliphatic heterocycles. The molecule has 1 N–H and O–H groups in total. The number of nitrogens with one attached hydrogen (secondary N) is 1. The van der Waals surface area contributed by atoms with Crippen LogP contribution in [0.1, 0.15) is 19.4 Å². The van der Waals surface area contributed by atoms with Crippen LogP contribution in [-0.4, -0.2) is 55.6 Å². The largest absolute Gasteiger partial charge is 0.464 e. The zero-order valence-corrected chi connectivity index (χ0v) is 14.3. The van der Waals surface area contributed by atoms with Crippen molar-refractivity contribution in [3.8, 4) is 0 Å². The Bertz CT molecular complexity index is 547. The third-order valence-electron chi connectivity index (χ3n) is 3.16. The molecule has 1 rings (SSSR count). The fourth-order valence-corrected chi connectivity index (χ4v) is 1.90. The lowest BCUT2D eigenvalue weighted by molar-refractivity contribution is -0.148. The van der Waals surface area contributed by atoms with Gasteiger partial charge in [0.2, 0.25) is 11.8 Å². The maximum atomic E-state index is 11.9. The van der Waals surface area contributed by atoms with Gasteiger partial charge < -0.3 is 19.7 Å². The number of hydrogen-bond donors (Lipinski definition) is 1. The molecule has 1 aromatic carbocycles. The van der Waals surface area contributed by atoms with Crippen molar-refractivity contribution in [1.82, 2.24) is 10.2 Å². The summed E-state index contributed by atoms with van der Waals surface area (Å²) >= 11 is 0. The van der Waals surface area contributed by atoms with Gasteiger partial charge in [-0.2, -0.15) is 0 Å². The summed E-state index contributed by atoms with van der Waals surface area (Å²) in [6.07, 6.45) is 0. The number of nitrogens with zero attached hydrogens (tertiary/aromatic N) is 1. The van der Waals surface area contributed by atoms with Crippen molar-refractivity contribution in [2.24, 2.45) is 0 Å². The highest BCUT2D eigenvalue weighted by molar-refractivity contribution is 5.85. The van der Waals surface area contributed by atoms with E-state index in [1.54, 1.807) is 14.0 Å². The molecule has 0 aromatic heterocycles. The predicted octanol–water partition coefficient (Wildman–Crippen LogP) is 0.729. The second-order valence-corrected chi connectivity index (χ2v) is 5.27. The summed E-state index contributed by atoms with van der Waals surface area (Å²) in [6, 6.07) is 8.81. The van der Waals surface area contributed by atoms with Gasteiger partial charge in [-0.1, -0.05) is 30.3 Å². The quantitative estimate of drug-likeness (QED) is 0.672. The van der Waals surface area contributed by atoms with Gasteiger partial charge in [-0.15, -0.1) is 0 Å². The molecule has 0 radical (unpaired) electrons. The van der Waals surface area contributed by atoms with Crippen LogP contribution in [0.25, 0.3) is 0 Å². The lowest BCUT2D eigenvalue weighted by Gasteiger charge is -2.17. The van der Waals surface area contributed by atoms with Crippen LogP contribution in [0.2, 0.25) is 0 Å². The number of esters is 1. The molecule has 2 amide bonds. The zero-order chi connectivity index (χ0) is 17.9. The Hall–Kier alpha value is -2.41. The molecule has 1 atom stereocenters. The summed E-state index contributed by atoms with van der Waals surface area (Å²) < 4.78 is 9.88. The van der Waals surface area contributed by atoms with Crippen molar-refractivity contribution in [3.05, 3.63) is 35.9 Å². The van der Waals surface area contributed by atoms with Crippen LogP contribution in [0.5, 0.6) is 0 Å². The standard InChI is InChI=1S/C17H24N2O5/c1-4-24-17(22)13(2)18-15(20)11-23-12-16(21)19(3)10-14-8-6-5-7-9-14/h5-9,13H,4,10-12H2,1-3H3,(H,18,20)/t13-/m0/s1. The van der Waals surface area contributed by atoms with E-state index in [2.05, 4.69) is 5.32 Å². The number of carbonyl (C=O) groups is 3. The Morgan fingerprint density at radius 3 is 2.46 bits per heavy atom. The molecular weight excluding hydrogens is 312 g/mol. The van der Waals surface area contributed by atoms with Crippen molar-refractivity contribution in [3.63, 3.8) is 0 Å². The number of rotatable bonds is 9. The summed E-state index contributed by atoms with van der Waals surface area (Å²) in [5, 5.41) is 2.44. The minimum Gasteiger partial charge on any atom is -0.464 e. The highest BCUT2D eigenvalue weighted by Crippen LogP contribution is 2.02. The van der Waals surface area contributed by atoms with E-state index in [9.17, 15) is 14.4 Å². The van der Waals surface area contributed by atoms with Gasteiger partial charge >= 0.3 is 5.97 Å². The molecule has 0 bridgehead atoms. The van der Waals surface area contributed by atoms with E-state index in [0.29, 0.717) is 6.54 Å². The number of ether oxygens (including phenoxy) is 2. The molecular formula is C17H24N2O5. The molecule has 0 saturated carbocycles. The van der Waals surface area contributed by atoms with Crippen molar-refractivity contribution in [2.75, 3.05) is 26.9 Å². The SMILES string of the molecule is CCOC(=O)[C@H](C)NC(=O)COCC(=O)N(C)Cc1ccccc1. The molecule has 1 aromatic rings. The summed E-state index contributed by atoms with van der Waals surface area (Å²) in [4.78, 5) is 36.5. The first-order valence-electron chi connectivity index (χ1n) is 7.75. The molecule has 0 aliphatic carbocycles. The van der Waals surface area contributed by atoms with Gasteiger partial charge in [0.05, 0.1) is 6.61 Å². The Morgan fingerprint density at radius 2 is 1.83 bits per heavy atom. The van der Waals surface area contributed by atoms with Crippen LogP contribution in [-0.2, 0) is 30.4 Å². The smallest absolute Gasteiger partial charge is 0.328 e. The maximum absolute atomic E-state index is 11.9. The van der Waals surface area contributed by atoms with Gasteiger partial charge in [0.15, 0.2) is 0 Å². The third kappa shape index (κ3) is 7.23. The van der Waals surface area contributed by atoms with Gasteiger partial charge in [-0.25, -0.2) is 4.79 Å².